The standard InChI is InChI=1S/C17H21NO3/c19-11-2-1-5-14-6-3-7-15(13-14)17(20)18-10-9-16-8-4-12-21-16/h3,6-7,13,16,19H,2,4,8-12H2,(H,18,20). The SMILES string of the molecule is O=C(NCCC1CCCO1)c1cccc(C#CCCO)c1. The number of rotatable bonds is 5. The molecule has 1 fully saturated rings. The molecule has 0 bridgehead atoms. The second-order valence-corrected chi connectivity index (χ2v) is 5.04. The number of benzene rings is 1. The molecule has 2 N–H and O–H groups in total. The Bertz CT molecular complexity index is 524. The van der Waals surface area contributed by atoms with E-state index in [4.69, 9.17) is 9.84 Å². The zero-order valence-electron chi connectivity index (χ0n) is 12.1. The van der Waals surface area contributed by atoms with E-state index in [2.05, 4.69) is 17.2 Å². The summed E-state index contributed by atoms with van der Waals surface area (Å²) in [5.74, 6) is 5.70. The second kappa shape index (κ2) is 8.46. The number of hydrogen-bond acceptors (Lipinski definition) is 3. The third-order valence-corrected chi connectivity index (χ3v) is 3.37. The molecule has 1 atom stereocenters. The van der Waals surface area contributed by atoms with Crippen molar-refractivity contribution < 1.29 is 14.6 Å². The molecule has 0 aromatic heterocycles. The van der Waals surface area contributed by atoms with Gasteiger partial charge in [0.2, 0.25) is 0 Å². The summed E-state index contributed by atoms with van der Waals surface area (Å²) in [7, 11) is 0. The number of nitrogens with one attached hydrogen (secondary N) is 1. The lowest BCUT2D eigenvalue weighted by atomic mass is 10.1. The Morgan fingerprint density at radius 3 is 3.14 bits per heavy atom. The van der Waals surface area contributed by atoms with Gasteiger partial charge in [0.25, 0.3) is 5.91 Å². The van der Waals surface area contributed by atoms with E-state index in [1.54, 1.807) is 12.1 Å². The van der Waals surface area contributed by atoms with Crippen LogP contribution >= 0.6 is 0 Å². The summed E-state index contributed by atoms with van der Waals surface area (Å²) >= 11 is 0. The van der Waals surface area contributed by atoms with E-state index in [0.29, 0.717) is 24.6 Å². The summed E-state index contributed by atoms with van der Waals surface area (Å²) in [6.45, 7) is 1.52. The van der Waals surface area contributed by atoms with Crippen LogP contribution in [0.15, 0.2) is 24.3 Å². The summed E-state index contributed by atoms with van der Waals surface area (Å²) in [4.78, 5) is 12.1. The third kappa shape index (κ3) is 5.22. The monoisotopic (exact) mass is 287 g/mol. The van der Waals surface area contributed by atoms with Crippen LogP contribution in [0.5, 0.6) is 0 Å². The van der Waals surface area contributed by atoms with Gasteiger partial charge in [-0.05, 0) is 37.5 Å². The molecule has 1 heterocycles. The van der Waals surface area contributed by atoms with Crippen LogP contribution in [-0.4, -0.2) is 36.9 Å². The lowest BCUT2D eigenvalue weighted by Crippen LogP contribution is -2.27. The van der Waals surface area contributed by atoms with Gasteiger partial charge in [-0.15, -0.1) is 0 Å². The van der Waals surface area contributed by atoms with Gasteiger partial charge in [-0.2, -0.15) is 0 Å². The van der Waals surface area contributed by atoms with E-state index in [0.717, 1.165) is 31.4 Å². The first-order chi connectivity index (χ1) is 10.3. The Hall–Kier alpha value is -1.83. The van der Waals surface area contributed by atoms with Crippen molar-refractivity contribution in [1.29, 1.82) is 0 Å². The van der Waals surface area contributed by atoms with Gasteiger partial charge < -0.3 is 15.2 Å². The molecule has 0 aliphatic carbocycles. The van der Waals surface area contributed by atoms with Gasteiger partial charge in [0.15, 0.2) is 0 Å². The molecule has 1 aromatic rings. The van der Waals surface area contributed by atoms with Crippen molar-refractivity contribution in [3.8, 4) is 11.8 Å². The number of amides is 1. The maximum Gasteiger partial charge on any atom is 0.251 e. The van der Waals surface area contributed by atoms with Crippen LogP contribution < -0.4 is 5.32 Å². The normalized spacial score (nSPS) is 17.1. The molecule has 4 heteroatoms. The first-order valence-electron chi connectivity index (χ1n) is 7.39. The van der Waals surface area contributed by atoms with Crippen molar-refractivity contribution in [2.24, 2.45) is 0 Å². The Labute approximate surface area is 125 Å². The quantitative estimate of drug-likeness (QED) is 0.811. The first-order valence-corrected chi connectivity index (χ1v) is 7.39. The van der Waals surface area contributed by atoms with Crippen LogP contribution in [0.4, 0.5) is 0 Å². The second-order valence-electron chi connectivity index (χ2n) is 5.04. The molecule has 1 aromatic carbocycles. The number of aliphatic hydroxyl groups excluding tert-OH is 1. The van der Waals surface area contributed by atoms with E-state index in [-0.39, 0.29) is 12.5 Å². The van der Waals surface area contributed by atoms with Gasteiger partial charge in [-0.25, -0.2) is 0 Å². The fourth-order valence-electron chi connectivity index (χ4n) is 2.28. The number of hydrogen-bond donors (Lipinski definition) is 2. The van der Waals surface area contributed by atoms with Crippen molar-refractivity contribution in [3.63, 3.8) is 0 Å². The molecular formula is C17H21NO3. The maximum atomic E-state index is 12.1. The molecule has 4 nitrogen and oxygen atoms in total. The van der Waals surface area contributed by atoms with Gasteiger partial charge in [-0.1, -0.05) is 17.9 Å². The molecule has 112 valence electrons. The summed E-state index contributed by atoms with van der Waals surface area (Å²) in [5, 5.41) is 11.6. The van der Waals surface area contributed by atoms with E-state index in [1.165, 1.54) is 0 Å². The molecule has 1 aliphatic heterocycles. The minimum absolute atomic E-state index is 0.0520. The summed E-state index contributed by atoms with van der Waals surface area (Å²) in [5.41, 5.74) is 1.40. The average Bonchev–Trinajstić information content (AvgIpc) is 3.01. The van der Waals surface area contributed by atoms with E-state index in [9.17, 15) is 4.79 Å². The van der Waals surface area contributed by atoms with Crippen molar-refractivity contribution in [1.82, 2.24) is 5.32 Å². The fourth-order valence-corrected chi connectivity index (χ4v) is 2.28. The molecule has 1 saturated heterocycles. The zero-order chi connectivity index (χ0) is 14.9. The van der Waals surface area contributed by atoms with E-state index < -0.39 is 0 Å². The van der Waals surface area contributed by atoms with Crippen LogP contribution in [-0.2, 0) is 4.74 Å². The predicted molar refractivity (Wildman–Crippen MR) is 80.9 cm³/mol. The average molecular weight is 287 g/mol. The highest BCUT2D eigenvalue weighted by Gasteiger charge is 2.15. The molecule has 0 radical (unpaired) electrons. The molecule has 21 heavy (non-hydrogen) atoms. The largest absolute Gasteiger partial charge is 0.395 e. The summed E-state index contributed by atoms with van der Waals surface area (Å²) < 4.78 is 5.52. The number of carbonyl (C=O) groups excluding carboxylic acids is 1. The van der Waals surface area contributed by atoms with Crippen LogP contribution in [0.1, 0.15) is 41.6 Å². The summed E-state index contributed by atoms with van der Waals surface area (Å²) in [6.07, 6.45) is 3.80. The maximum absolute atomic E-state index is 12.1. The molecule has 0 spiro atoms. The first kappa shape index (κ1) is 15.6. The lowest BCUT2D eigenvalue weighted by molar-refractivity contribution is 0.0907. The van der Waals surface area contributed by atoms with Crippen LogP contribution in [0.2, 0.25) is 0 Å². The summed E-state index contributed by atoms with van der Waals surface area (Å²) in [6, 6.07) is 7.22. The molecule has 1 unspecified atom stereocenters. The Kier molecular flexibility index (Phi) is 6.26. The topological polar surface area (TPSA) is 58.6 Å². The van der Waals surface area contributed by atoms with Gasteiger partial charge in [0.1, 0.15) is 0 Å². The number of aliphatic hydroxyl groups is 1. The van der Waals surface area contributed by atoms with Crippen molar-refractivity contribution in [2.75, 3.05) is 19.8 Å². The lowest BCUT2D eigenvalue weighted by Gasteiger charge is -2.10. The van der Waals surface area contributed by atoms with Crippen LogP contribution in [0.3, 0.4) is 0 Å². The Morgan fingerprint density at radius 2 is 2.38 bits per heavy atom. The fraction of sp³-hybridized carbons (Fsp3) is 0.471. The van der Waals surface area contributed by atoms with Gasteiger partial charge >= 0.3 is 0 Å². The van der Waals surface area contributed by atoms with Crippen LogP contribution in [0, 0.1) is 11.8 Å². The minimum Gasteiger partial charge on any atom is -0.395 e. The Morgan fingerprint density at radius 1 is 1.48 bits per heavy atom. The molecule has 1 aliphatic rings. The van der Waals surface area contributed by atoms with Gasteiger partial charge in [0.05, 0.1) is 12.7 Å². The van der Waals surface area contributed by atoms with Crippen molar-refractivity contribution in [3.05, 3.63) is 35.4 Å². The molecule has 2 rings (SSSR count). The number of ether oxygens (including phenoxy) is 1. The van der Waals surface area contributed by atoms with Crippen LogP contribution in [0.25, 0.3) is 0 Å². The Balaban J connectivity index is 1.84. The van der Waals surface area contributed by atoms with E-state index in [1.807, 2.05) is 12.1 Å². The number of carbonyl (C=O) groups is 1. The van der Waals surface area contributed by atoms with Gasteiger partial charge in [0, 0.05) is 30.7 Å². The highest BCUT2D eigenvalue weighted by atomic mass is 16.5. The molecule has 0 saturated carbocycles. The minimum atomic E-state index is -0.0844. The highest BCUT2D eigenvalue weighted by Crippen LogP contribution is 2.14. The molecular weight excluding hydrogens is 266 g/mol. The van der Waals surface area contributed by atoms with Gasteiger partial charge in [-0.3, -0.25) is 4.79 Å². The smallest absolute Gasteiger partial charge is 0.251 e. The predicted octanol–water partition coefficient (Wildman–Crippen LogP) is 1.72. The zero-order valence-corrected chi connectivity index (χ0v) is 12.1. The van der Waals surface area contributed by atoms with Crippen molar-refractivity contribution in [2.45, 2.75) is 31.8 Å². The molecule has 1 amide bonds. The van der Waals surface area contributed by atoms with Crippen molar-refractivity contribution >= 4 is 5.91 Å². The highest BCUT2D eigenvalue weighted by molar-refractivity contribution is 5.94. The van der Waals surface area contributed by atoms with E-state index >= 15 is 0 Å². The third-order valence-electron chi connectivity index (χ3n) is 3.37.